The summed E-state index contributed by atoms with van der Waals surface area (Å²) >= 11 is 0. The van der Waals surface area contributed by atoms with Crippen LogP contribution in [0.1, 0.15) is 25.8 Å². The fraction of sp³-hybridized carbons (Fsp3) is 0.571. The lowest BCUT2D eigenvalue weighted by Crippen LogP contribution is -2.25. The van der Waals surface area contributed by atoms with Crippen molar-refractivity contribution >= 4 is 0 Å². The number of nitrogens with zero attached hydrogens (tertiary/aromatic N) is 1. The van der Waals surface area contributed by atoms with Gasteiger partial charge in [0.2, 0.25) is 0 Å². The highest BCUT2D eigenvalue weighted by molar-refractivity contribution is 5.43. The van der Waals surface area contributed by atoms with E-state index in [9.17, 15) is 0 Å². The van der Waals surface area contributed by atoms with Crippen molar-refractivity contribution in [3.63, 3.8) is 0 Å². The van der Waals surface area contributed by atoms with Crippen LogP contribution in [0.15, 0.2) is 18.2 Å². The number of ether oxygens (including phenoxy) is 2. The molecule has 1 aromatic carbocycles. The van der Waals surface area contributed by atoms with Gasteiger partial charge in [0.05, 0.1) is 13.2 Å². The van der Waals surface area contributed by atoms with Gasteiger partial charge in [0, 0.05) is 19.0 Å². The van der Waals surface area contributed by atoms with E-state index in [1.165, 1.54) is 5.56 Å². The molecule has 17 heavy (non-hydrogen) atoms. The van der Waals surface area contributed by atoms with Crippen LogP contribution in [-0.4, -0.2) is 31.2 Å². The Hall–Kier alpha value is -1.22. The Morgan fingerprint density at radius 3 is 2.59 bits per heavy atom. The van der Waals surface area contributed by atoms with Crippen LogP contribution in [0.5, 0.6) is 11.5 Å². The highest BCUT2D eigenvalue weighted by Crippen LogP contribution is 2.30. The quantitative estimate of drug-likeness (QED) is 0.804. The third-order valence-corrected chi connectivity index (χ3v) is 3.13. The highest BCUT2D eigenvalue weighted by atomic mass is 16.5. The normalized spacial score (nSPS) is 15.1. The van der Waals surface area contributed by atoms with Gasteiger partial charge in [-0.05, 0) is 38.6 Å². The smallest absolute Gasteiger partial charge is 0.161 e. The zero-order valence-corrected chi connectivity index (χ0v) is 10.9. The molecule has 0 aliphatic carbocycles. The Bertz CT molecular complexity index is 376. The molecule has 0 N–H and O–H groups in total. The lowest BCUT2D eigenvalue weighted by atomic mass is 10.1. The minimum absolute atomic E-state index is 0.547. The summed E-state index contributed by atoms with van der Waals surface area (Å²) in [5.41, 5.74) is 1.27. The SMILES string of the molecule is CC(C)N(C)Cc1ccc2c(c1)OCCCO2. The van der Waals surface area contributed by atoms with Gasteiger partial charge in [-0.1, -0.05) is 6.07 Å². The molecular weight excluding hydrogens is 214 g/mol. The van der Waals surface area contributed by atoms with Gasteiger partial charge in [0.15, 0.2) is 11.5 Å². The summed E-state index contributed by atoms with van der Waals surface area (Å²) in [6.07, 6.45) is 0.954. The summed E-state index contributed by atoms with van der Waals surface area (Å²) < 4.78 is 11.3. The molecule has 0 radical (unpaired) electrons. The van der Waals surface area contributed by atoms with Crippen molar-refractivity contribution in [3.8, 4) is 11.5 Å². The molecule has 0 saturated heterocycles. The summed E-state index contributed by atoms with van der Waals surface area (Å²) in [6, 6.07) is 6.78. The van der Waals surface area contributed by atoms with Crippen molar-refractivity contribution in [2.24, 2.45) is 0 Å². The lowest BCUT2D eigenvalue weighted by molar-refractivity contribution is 0.265. The molecule has 1 aliphatic rings. The van der Waals surface area contributed by atoms with E-state index < -0.39 is 0 Å². The van der Waals surface area contributed by atoms with E-state index in [1.807, 2.05) is 6.07 Å². The summed E-state index contributed by atoms with van der Waals surface area (Å²) in [7, 11) is 2.13. The maximum Gasteiger partial charge on any atom is 0.161 e. The van der Waals surface area contributed by atoms with Gasteiger partial charge < -0.3 is 9.47 Å². The van der Waals surface area contributed by atoms with Gasteiger partial charge in [-0.2, -0.15) is 0 Å². The van der Waals surface area contributed by atoms with Crippen molar-refractivity contribution in [2.75, 3.05) is 20.3 Å². The maximum absolute atomic E-state index is 5.69. The standard InChI is InChI=1S/C14H21NO2/c1-11(2)15(3)10-12-5-6-13-14(9-12)17-8-4-7-16-13/h5-6,9,11H,4,7-8,10H2,1-3H3. The number of benzene rings is 1. The summed E-state index contributed by atoms with van der Waals surface area (Å²) in [4.78, 5) is 2.30. The number of hydrogen-bond acceptors (Lipinski definition) is 3. The third kappa shape index (κ3) is 3.13. The second kappa shape index (κ2) is 5.41. The topological polar surface area (TPSA) is 21.7 Å². The van der Waals surface area contributed by atoms with Crippen LogP contribution >= 0.6 is 0 Å². The van der Waals surface area contributed by atoms with Gasteiger partial charge in [-0.3, -0.25) is 4.90 Å². The van der Waals surface area contributed by atoms with E-state index in [1.54, 1.807) is 0 Å². The predicted octanol–water partition coefficient (Wildman–Crippen LogP) is 2.69. The summed E-state index contributed by atoms with van der Waals surface area (Å²) in [6.45, 7) is 6.83. The Morgan fingerprint density at radius 2 is 1.88 bits per heavy atom. The fourth-order valence-corrected chi connectivity index (χ4v) is 1.78. The van der Waals surface area contributed by atoms with Crippen molar-refractivity contribution in [2.45, 2.75) is 32.9 Å². The Labute approximate surface area is 103 Å². The van der Waals surface area contributed by atoms with Crippen molar-refractivity contribution < 1.29 is 9.47 Å². The second-order valence-electron chi connectivity index (χ2n) is 4.84. The molecule has 0 atom stereocenters. The van der Waals surface area contributed by atoms with Crippen LogP contribution in [0.25, 0.3) is 0 Å². The summed E-state index contributed by atoms with van der Waals surface area (Å²) in [5, 5.41) is 0. The first-order valence-corrected chi connectivity index (χ1v) is 6.25. The molecule has 0 saturated carbocycles. The minimum atomic E-state index is 0.547. The molecule has 0 unspecified atom stereocenters. The Kier molecular flexibility index (Phi) is 3.89. The van der Waals surface area contributed by atoms with Gasteiger partial charge in [-0.25, -0.2) is 0 Å². The van der Waals surface area contributed by atoms with Crippen molar-refractivity contribution in [1.29, 1.82) is 0 Å². The summed E-state index contributed by atoms with van der Waals surface area (Å²) in [5.74, 6) is 1.76. The predicted molar refractivity (Wildman–Crippen MR) is 68.7 cm³/mol. The molecule has 1 aliphatic heterocycles. The first-order valence-electron chi connectivity index (χ1n) is 6.25. The number of hydrogen-bond donors (Lipinski definition) is 0. The fourth-order valence-electron chi connectivity index (χ4n) is 1.78. The zero-order chi connectivity index (χ0) is 12.3. The van der Waals surface area contributed by atoms with E-state index in [2.05, 4.69) is 37.9 Å². The zero-order valence-electron chi connectivity index (χ0n) is 10.9. The van der Waals surface area contributed by atoms with Crippen LogP contribution in [-0.2, 0) is 6.54 Å². The van der Waals surface area contributed by atoms with Gasteiger partial charge in [0.1, 0.15) is 0 Å². The van der Waals surface area contributed by atoms with Crippen molar-refractivity contribution in [3.05, 3.63) is 23.8 Å². The average Bonchev–Trinajstić information content (AvgIpc) is 2.53. The van der Waals surface area contributed by atoms with E-state index in [0.717, 1.165) is 37.7 Å². The van der Waals surface area contributed by atoms with Crippen LogP contribution in [0.4, 0.5) is 0 Å². The Morgan fingerprint density at radius 1 is 1.18 bits per heavy atom. The molecule has 0 fully saturated rings. The molecule has 3 nitrogen and oxygen atoms in total. The number of rotatable bonds is 3. The maximum atomic E-state index is 5.69. The Balaban J connectivity index is 2.12. The van der Waals surface area contributed by atoms with E-state index >= 15 is 0 Å². The van der Waals surface area contributed by atoms with Crippen LogP contribution in [0, 0.1) is 0 Å². The molecular formula is C14H21NO2. The number of fused-ring (bicyclic) bond motifs is 1. The van der Waals surface area contributed by atoms with Crippen LogP contribution in [0.3, 0.4) is 0 Å². The largest absolute Gasteiger partial charge is 0.490 e. The van der Waals surface area contributed by atoms with Gasteiger partial charge in [0.25, 0.3) is 0 Å². The lowest BCUT2D eigenvalue weighted by Gasteiger charge is -2.21. The van der Waals surface area contributed by atoms with Crippen LogP contribution < -0.4 is 9.47 Å². The first kappa shape index (κ1) is 12.2. The molecule has 0 amide bonds. The van der Waals surface area contributed by atoms with Crippen molar-refractivity contribution in [1.82, 2.24) is 4.90 Å². The average molecular weight is 235 g/mol. The molecule has 1 aromatic rings. The molecule has 94 valence electrons. The second-order valence-corrected chi connectivity index (χ2v) is 4.84. The van der Waals surface area contributed by atoms with E-state index in [-0.39, 0.29) is 0 Å². The minimum Gasteiger partial charge on any atom is -0.490 e. The first-order chi connectivity index (χ1) is 8.16. The molecule has 2 rings (SSSR count). The molecule has 0 bridgehead atoms. The van der Waals surface area contributed by atoms with Gasteiger partial charge >= 0.3 is 0 Å². The van der Waals surface area contributed by atoms with E-state index in [0.29, 0.717) is 6.04 Å². The van der Waals surface area contributed by atoms with Gasteiger partial charge in [-0.15, -0.1) is 0 Å². The molecule has 0 spiro atoms. The molecule has 0 aromatic heterocycles. The highest BCUT2D eigenvalue weighted by Gasteiger charge is 2.12. The third-order valence-electron chi connectivity index (χ3n) is 3.13. The monoisotopic (exact) mass is 235 g/mol. The molecule has 1 heterocycles. The van der Waals surface area contributed by atoms with E-state index in [4.69, 9.17) is 9.47 Å². The molecule has 3 heteroatoms. The van der Waals surface area contributed by atoms with Crippen LogP contribution in [0.2, 0.25) is 0 Å².